The van der Waals surface area contributed by atoms with Gasteiger partial charge in [0.05, 0.1) is 19.6 Å². The van der Waals surface area contributed by atoms with E-state index in [1.807, 2.05) is 0 Å². The Morgan fingerprint density at radius 1 is 1.37 bits per heavy atom. The first-order valence-electron chi connectivity index (χ1n) is 6.15. The maximum Gasteiger partial charge on any atom is 0.334 e. The van der Waals surface area contributed by atoms with Crippen molar-refractivity contribution in [2.24, 2.45) is 11.8 Å². The lowest BCUT2D eigenvalue weighted by molar-refractivity contribution is -0.230. The van der Waals surface area contributed by atoms with Crippen LogP contribution in [0.5, 0.6) is 0 Å². The quantitative estimate of drug-likeness (QED) is 0.674. The minimum atomic E-state index is -1.41. The molecular weight excluding hydrogens is 252 g/mol. The van der Waals surface area contributed by atoms with Crippen LogP contribution in [0.2, 0.25) is 0 Å². The number of methoxy groups -OCH3 is 3. The number of ketones is 1. The Morgan fingerprint density at radius 2 is 2.11 bits per heavy atom. The van der Waals surface area contributed by atoms with E-state index in [9.17, 15) is 9.59 Å². The fourth-order valence-electron chi connectivity index (χ4n) is 3.63. The Kier molecular flexibility index (Phi) is 2.61. The average molecular weight is 268 g/mol. The van der Waals surface area contributed by atoms with E-state index in [2.05, 4.69) is 0 Å². The number of ether oxygens (including phenoxy) is 4. The van der Waals surface area contributed by atoms with Crippen LogP contribution in [0.25, 0.3) is 0 Å². The van der Waals surface area contributed by atoms with Crippen molar-refractivity contribution in [3.8, 4) is 0 Å². The Morgan fingerprint density at radius 3 is 2.68 bits per heavy atom. The molecule has 1 heterocycles. The summed E-state index contributed by atoms with van der Waals surface area (Å²) in [4.78, 5) is 24.6. The van der Waals surface area contributed by atoms with Gasteiger partial charge in [-0.05, 0) is 18.4 Å². The van der Waals surface area contributed by atoms with Crippen molar-refractivity contribution < 1.29 is 28.5 Å². The molecule has 3 aliphatic carbocycles. The van der Waals surface area contributed by atoms with Crippen LogP contribution >= 0.6 is 0 Å². The number of hydrogen-bond acceptors (Lipinski definition) is 6. The van der Waals surface area contributed by atoms with Gasteiger partial charge in [0.25, 0.3) is 0 Å². The molecule has 4 atom stereocenters. The van der Waals surface area contributed by atoms with Crippen LogP contribution in [-0.2, 0) is 28.5 Å². The molecule has 19 heavy (non-hydrogen) atoms. The highest BCUT2D eigenvalue weighted by atomic mass is 16.7. The molecule has 6 nitrogen and oxygen atoms in total. The van der Waals surface area contributed by atoms with E-state index >= 15 is 0 Å². The number of hydrogen-bond donors (Lipinski definition) is 0. The molecule has 4 bridgehead atoms. The fourth-order valence-corrected chi connectivity index (χ4v) is 3.63. The van der Waals surface area contributed by atoms with Crippen molar-refractivity contribution in [3.63, 3.8) is 0 Å². The molecule has 1 saturated carbocycles. The first-order chi connectivity index (χ1) is 9.04. The average Bonchev–Trinajstić information content (AvgIpc) is 2.79. The summed E-state index contributed by atoms with van der Waals surface area (Å²) in [5, 5.41) is 0. The van der Waals surface area contributed by atoms with Gasteiger partial charge in [-0.25, -0.2) is 4.79 Å². The molecular formula is C13H16O6. The largest absolute Gasteiger partial charge is 0.466 e. The van der Waals surface area contributed by atoms with E-state index in [1.54, 1.807) is 6.08 Å². The van der Waals surface area contributed by atoms with Crippen molar-refractivity contribution >= 4 is 11.8 Å². The number of esters is 1. The third-order valence-electron chi connectivity index (χ3n) is 4.47. The highest BCUT2D eigenvalue weighted by Crippen LogP contribution is 2.57. The fraction of sp³-hybridized carbons (Fsp3) is 0.692. The van der Waals surface area contributed by atoms with Gasteiger partial charge in [0.2, 0.25) is 11.6 Å². The van der Waals surface area contributed by atoms with Gasteiger partial charge in [-0.1, -0.05) is 0 Å². The molecule has 0 spiro atoms. The predicted octanol–water partition coefficient (Wildman–Crippen LogP) is 0.0627. The number of Topliss-reactive ketones (excluding diaryl/α,β-unsaturated/α-hetero) is 1. The lowest BCUT2D eigenvalue weighted by Gasteiger charge is -2.49. The maximum atomic E-state index is 12.6. The zero-order valence-electron chi connectivity index (χ0n) is 11.1. The van der Waals surface area contributed by atoms with Gasteiger partial charge >= 0.3 is 5.97 Å². The SMILES string of the molecule is COC(=O)C1=CC2(OC)CC3COC(OC)(C2=O)C13. The van der Waals surface area contributed by atoms with Crippen molar-refractivity contribution in [3.05, 3.63) is 11.6 Å². The monoisotopic (exact) mass is 268 g/mol. The van der Waals surface area contributed by atoms with Gasteiger partial charge < -0.3 is 18.9 Å². The van der Waals surface area contributed by atoms with Crippen LogP contribution in [0.3, 0.4) is 0 Å². The topological polar surface area (TPSA) is 71.1 Å². The Bertz CT molecular complexity index is 484. The molecule has 1 aliphatic heterocycles. The Balaban J connectivity index is 2.19. The Labute approximate surface area is 110 Å². The number of rotatable bonds is 3. The van der Waals surface area contributed by atoms with Crippen molar-refractivity contribution in [1.82, 2.24) is 0 Å². The third kappa shape index (κ3) is 1.31. The van der Waals surface area contributed by atoms with E-state index in [1.165, 1.54) is 21.3 Å². The molecule has 0 aromatic rings. The van der Waals surface area contributed by atoms with E-state index < -0.39 is 23.3 Å². The highest BCUT2D eigenvalue weighted by molar-refractivity contribution is 6.04. The molecule has 4 unspecified atom stereocenters. The summed E-state index contributed by atoms with van der Waals surface area (Å²) in [5.41, 5.74) is -0.727. The van der Waals surface area contributed by atoms with Gasteiger partial charge in [-0.2, -0.15) is 0 Å². The molecule has 1 saturated heterocycles. The highest BCUT2D eigenvalue weighted by Gasteiger charge is 2.71. The molecule has 2 fully saturated rings. The van der Waals surface area contributed by atoms with Gasteiger partial charge in [0.1, 0.15) is 0 Å². The first-order valence-corrected chi connectivity index (χ1v) is 6.15. The molecule has 0 amide bonds. The summed E-state index contributed by atoms with van der Waals surface area (Å²) >= 11 is 0. The van der Waals surface area contributed by atoms with E-state index in [0.717, 1.165) is 0 Å². The summed E-state index contributed by atoms with van der Waals surface area (Å²) in [6.45, 7) is 0.379. The predicted molar refractivity (Wildman–Crippen MR) is 62.1 cm³/mol. The molecule has 104 valence electrons. The lowest BCUT2D eigenvalue weighted by atomic mass is 9.60. The van der Waals surface area contributed by atoms with Crippen LogP contribution in [-0.4, -0.2) is 51.1 Å². The van der Waals surface area contributed by atoms with Gasteiger partial charge in [-0.3, -0.25) is 4.79 Å². The second-order valence-corrected chi connectivity index (χ2v) is 5.14. The summed E-state index contributed by atoms with van der Waals surface area (Å²) in [6.07, 6.45) is 2.09. The van der Waals surface area contributed by atoms with Gasteiger partial charge in [0.15, 0.2) is 5.60 Å². The van der Waals surface area contributed by atoms with Crippen LogP contribution < -0.4 is 0 Å². The molecule has 0 aromatic heterocycles. The second-order valence-electron chi connectivity index (χ2n) is 5.14. The molecule has 0 aromatic carbocycles. The zero-order chi connectivity index (χ0) is 13.8. The van der Waals surface area contributed by atoms with Crippen LogP contribution in [0.15, 0.2) is 11.6 Å². The standard InChI is InChI=1S/C13H16O6/c1-16-10(14)8-5-12(17-2)4-7-6-19-13(18-3,9(7)8)11(12)15/h5,7,9H,4,6H2,1-3H3. The van der Waals surface area contributed by atoms with E-state index in [0.29, 0.717) is 18.6 Å². The van der Waals surface area contributed by atoms with Gasteiger partial charge in [0, 0.05) is 19.8 Å². The van der Waals surface area contributed by atoms with Gasteiger partial charge in [-0.15, -0.1) is 0 Å². The lowest BCUT2D eigenvalue weighted by Crippen LogP contribution is -2.65. The zero-order valence-corrected chi connectivity index (χ0v) is 11.1. The van der Waals surface area contributed by atoms with E-state index in [-0.39, 0.29) is 11.7 Å². The van der Waals surface area contributed by atoms with Crippen LogP contribution in [0.1, 0.15) is 6.42 Å². The van der Waals surface area contributed by atoms with Crippen molar-refractivity contribution in [2.75, 3.05) is 27.9 Å². The summed E-state index contributed by atoms with van der Waals surface area (Å²) in [7, 11) is 4.19. The molecule has 6 heteroatoms. The third-order valence-corrected chi connectivity index (χ3v) is 4.47. The smallest absolute Gasteiger partial charge is 0.334 e. The molecule has 0 radical (unpaired) electrons. The summed E-state index contributed by atoms with van der Waals surface area (Å²) in [5.74, 6) is -2.52. The minimum absolute atomic E-state index is 0.0247. The van der Waals surface area contributed by atoms with Crippen LogP contribution in [0.4, 0.5) is 0 Å². The van der Waals surface area contributed by atoms with E-state index in [4.69, 9.17) is 18.9 Å². The first kappa shape index (κ1) is 12.8. The molecule has 0 N–H and O–H groups in total. The Hall–Kier alpha value is -1.24. The summed E-state index contributed by atoms with van der Waals surface area (Å²) < 4.78 is 21.2. The maximum absolute atomic E-state index is 12.6. The van der Waals surface area contributed by atoms with Crippen molar-refractivity contribution in [2.45, 2.75) is 17.8 Å². The normalized spacial score (nSPS) is 43.3. The minimum Gasteiger partial charge on any atom is -0.466 e. The number of carbonyl (C=O) groups is 2. The molecule has 4 aliphatic rings. The second kappa shape index (κ2) is 3.88. The molecule has 4 rings (SSSR count). The summed E-state index contributed by atoms with van der Waals surface area (Å²) in [6, 6.07) is 0. The van der Waals surface area contributed by atoms with Crippen molar-refractivity contribution in [1.29, 1.82) is 0 Å². The van der Waals surface area contributed by atoms with Crippen LogP contribution in [0, 0.1) is 11.8 Å². The number of carbonyl (C=O) groups excluding carboxylic acids is 2.